The highest BCUT2D eigenvalue weighted by Crippen LogP contribution is 2.27. The van der Waals surface area contributed by atoms with Gasteiger partial charge < -0.3 is 10.1 Å². The standard InChI is InChI=1S/C19H25N3O4S/c1-2-22-12-9-18(21-22)19(23)20-11-8-15-14-17(10-13-26-15)27(24,25)16-6-4-3-5-7-16/h3-7,9,12,15,17H,2,8,10-11,13-14H2,1H3,(H,20,23)/t15-,17+/m1/s1. The van der Waals surface area contributed by atoms with Crippen LogP contribution in [0.5, 0.6) is 0 Å². The fourth-order valence-corrected chi connectivity index (χ4v) is 5.02. The van der Waals surface area contributed by atoms with Crippen LogP contribution >= 0.6 is 0 Å². The molecule has 0 spiro atoms. The molecule has 1 aliphatic heterocycles. The molecule has 0 saturated carbocycles. The maximum Gasteiger partial charge on any atom is 0.271 e. The number of rotatable bonds is 7. The van der Waals surface area contributed by atoms with Crippen LogP contribution in [0.3, 0.4) is 0 Å². The van der Waals surface area contributed by atoms with Crippen LogP contribution in [-0.4, -0.2) is 48.6 Å². The van der Waals surface area contributed by atoms with Crippen molar-refractivity contribution in [1.82, 2.24) is 15.1 Å². The molecule has 27 heavy (non-hydrogen) atoms. The Morgan fingerprint density at radius 3 is 2.78 bits per heavy atom. The fourth-order valence-electron chi connectivity index (χ4n) is 3.23. The molecule has 1 N–H and O–H groups in total. The lowest BCUT2D eigenvalue weighted by molar-refractivity contribution is 0.0132. The summed E-state index contributed by atoms with van der Waals surface area (Å²) in [7, 11) is -3.36. The molecule has 0 radical (unpaired) electrons. The van der Waals surface area contributed by atoms with Crippen molar-refractivity contribution in [2.45, 2.75) is 49.0 Å². The third-order valence-corrected chi connectivity index (χ3v) is 7.01. The van der Waals surface area contributed by atoms with E-state index in [0.717, 1.165) is 0 Å². The predicted octanol–water partition coefficient (Wildman–Crippen LogP) is 2.04. The minimum absolute atomic E-state index is 0.185. The molecule has 8 heteroatoms. The van der Waals surface area contributed by atoms with Gasteiger partial charge in [0.2, 0.25) is 0 Å². The van der Waals surface area contributed by atoms with E-state index in [1.54, 1.807) is 47.3 Å². The van der Waals surface area contributed by atoms with E-state index in [-0.39, 0.29) is 12.0 Å². The Morgan fingerprint density at radius 1 is 1.30 bits per heavy atom. The third kappa shape index (κ3) is 4.75. The lowest BCUT2D eigenvalue weighted by Crippen LogP contribution is -2.37. The summed E-state index contributed by atoms with van der Waals surface area (Å²) in [5.74, 6) is -0.230. The quantitative estimate of drug-likeness (QED) is 0.780. The molecule has 2 aromatic rings. The van der Waals surface area contributed by atoms with Gasteiger partial charge in [-0.1, -0.05) is 18.2 Å². The van der Waals surface area contributed by atoms with Gasteiger partial charge in [-0.15, -0.1) is 0 Å². The molecule has 0 unspecified atom stereocenters. The Labute approximate surface area is 159 Å². The van der Waals surface area contributed by atoms with Gasteiger partial charge in [0.25, 0.3) is 5.91 Å². The molecule has 7 nitrogen and oxygen atoms in total. The largest absolute Gasteiger partial charge is 0.378 e. The van der Waals surface area contributed by atoms with Crippen molar-refractivity contribution in [2.75, 3.05) is 13.2 Å². The maximum atomic E-state index is 12.8. The Kier molecular flexibility index (Phi) is 6.28. The molecule has 3 rings (SSSR count). The highest BCUT2D eigenvalue weighted by atomic mass is 32.2. The van der Waals surface area contributed by atoms with Gasteiger partial charge in [-0.25, -0.2) is 8.42 Å². The summed E-state index contributed by atoms with van der Waals surface area (Å²) < 4.78 is 33.0. The second kappa shape index (κ2) is 8.67. The zero-order valence-corrected chi connectivity index (χ0v) is 16.2. The van der Waals surface area contributed by atoms with E-state index in [0.29, 0.717) is 49.5 Å². The number of hydrogen-bond donors (Lipinski definition) is 1. The number of aromatic nitrogens is 2. The molecule has 0 bridgehead atoms. The van der Waals surface area contributed by atoms with Crippen LogP contribution in [0.2, 0.25) is 0 Å². The number of carbonyl (C=O) groups excluding carboxylic acids is 1. The SMILES string of the molecule is CCn1ccc(C(=O)NCC[C@@H]2C[C@@H](S(=O)(=O)c3ccccc3)CCO2)n1. The highest BCUT2D eigenvalue weighted by Gasteiger charge is 2.33. The summed E-state index contributed by atoms with van der Waals surface area (Å²) in [5.41, 5.74) is 0.381. The van der Waals surface area contributed by atoms with Crippen molar-refractivity contribution >= 4 is 15.7 Å². The summed E-state index contributed by atoms with van der Waals surface area (Å²) in [6.45, 7) is 3.49. The van der Waals surface area contributed by atoms with Crippen molar-refractivity contribution in [3.8, 4) is 0 Å². The summed E-state index contributed by atoms with van der Waals surface area (Å²) in [6.07, 6.45) is 3.08. The van der Waals surface area contributed by atoms with Crippen LogP contribution in [0.25, 0.3) is 0 Å². The summed E-state index contributed by atoms with van der Waals surface area (Å²) >= 11 is 0. The van der Waals surface area contributed by atoms with E-state index in [9.17, 15) is 13.2 Å². The number of nitrogens with one attached hydrogen (secondary N) is 1. The minimum atomic E-state index is -3.36. The fraction of sp³-hybridized carbons (Fsp3) is 0.474. The summed E-state index contributed by atoms with van der Waals surface area (Å²) in [4.78, 5) is 12.5. The van der Waals surface area contributed by atoms with E-state index in [2.05, 4.69) is 10.4 Å². The van der Waals surface area contributed by atoms with Gasteiger partial charge in [-0.2, -0.15) is 5.10 Å². The summed E-state index contributed by atoms with van der Waals surface area (Å²) in [6, 6.07) is 10.2. The zero-order chi connectivity index (χ0) is 19.3. The van der Waals surface area contributed by atoms with Crippen LogP contribution in [0.4, 0.5) is 0 Å². The van der Waals surface area contributed by atoms with Crippen molar-refractivity contribution in [1.29, 1.82) is 0 Å². The van der Waals surface area contributed by atoms with Crippen LogP contribution in [-0.2, 0) is 21.1 Å². The number of nitrogens with zero attached hydrogens (tertiary/aromatic N) is 2. The van der Waals surface area contributed by atoms with Crippen molar-refractivity contribution in [3.05, 3.63) is 48.3 Å². The van der Waals surface area contributed by atoms with Crippen LogP contribution < -0.4 is 5.32 Å². The van der Waals surface area contributed by atoms with Crippen molar-refractivity contribution in [2.24, 2.45) is 0 Å². The van der Waals surface area contributed by atoms with Gasteiger partial charge in [0.15, 0.2) is 9.84 Å². The second-order valence-corrected chi connectivity index (χ2v) is 8.83. The Balaban J connectivity index is 1.52. The molecule has 1 aliphatic rings. The predicted molar refractivity (Wildman–Crippen MR) is 101 cm³/mol. The number of aryl methyl sites for hydroxylation is 1. The Morgan fingerprint density at radius 2 is 2.07 bits per heavy atom. The first-order chi connectivity index (χ1) is 13.0. The molecule has 2 heterocycles. The van der Waals surface area contributed by atoms with Gasteiger partial charge in [0, 0.05) is 25.9 Å². The van der Waals surface area contributed by atoms with E-state index in [4.69, 9.17) is 4.74 Å². The molecule has 0 aliphatic carbocycles. The number of ether oxygens (including phenoxy) is 1. The smallest absolute Gasteiger partial charge is 0.271 e. The number of amides is 1. The molecular formula is C19H25N3O4S. The minimum Gasteiger partial charge on any atom is -0.378 e. The zero-order valence-electron chi connectivity index (χ0n) is 15.4. The monoisotopic (exact) mass is 391 g/mol. The first kappa shape index (κ1) is 19.6. The average molecular weight is 391 g/mol. The van der Waals surface area contributed by atoms with E-state index in [1.807, 2.05) is 6.92 Å². The first-order valence-electron chi connectivity index (χ1n) is 9.23. The van der Waals surface area contributed by atoms with Crippen LogP contribution in [0.15, 0.2) is 47.5 Å². The van der Waals surface area contributed by atoms with Gasteiger partial charge in [0.1, 0.15) is 5.69 Å². The number of hydrogen-bond acceptors (Lipinski definition) is 5. The lowest BCUT2D eigenvalue weighted by atomic mass is 10.1. The Hall–Kier alpha value is -2.19. The number of carbonyl (C=O) groups is 1. The molecule has 1 aromatic carbocycles. The van der Waals surface area contributed by atoms with E-state index < -0.39 is 15.1 Å². The summed E-state index contributed by atoms with van der Waals surface area (Å²) in [5, 5.41) is 6.54. The second-order valence-electron chi connectivity index (χ2n) is 6.60. The van der Waals surface area contributed by atoms with Gasteiger partial charge >= 0.3 is 0 Å². The van der Waals surface area contributed by atoms with Crippen molar-refractivity contribution in [3.63, 3.8) is 0 Å². The topological polar surface area (TPSA) is 90.3 Å². The molecular weight excluding hydrogens is 366 g/mol. The maximum absolute atomic E-state index is 12.8. The van der Waals surface area contributed by atoms with E-state index in [1.165, 1.54) is 0 Å². The number of benzene rings is 1. The average Bonchev–Trinajstić information content (AvgIpc) is 3.18. The molecule has 2 atom stereocenters. The molecule has 1 aromatic heterocycles. The molecule has 146 valence electrons. The third-order valence-electron chi connectivity index (χ3n) is 4.78. The van der Waals surface area contributed by atoms with Gasteiger partial charge in [-0.05, 0) is 44.4 Å². The molecule has 1 amide bonds. The lowest BCUT2D eigenvalue weighted by Gasteiger charge is -2.29. The molecule has 1 saturated heterocycles. The van der Waals surface area contributed by atoms with Crippen LogP contribution in [0, 0.1) is 0 Å². The Bertz CT molecular complexity index is 864. The van der Waals surface area contributed by atoms with Crippen molar-refractivity contribution < 1.29 is 17.9 Å². The van der Waals surface area contributed by atoms with E-state index >= 15 is 0 Å². The normalized spacial score (nSPS) is 20.3. The van der Waals surface area contributed by atoms with Gasteiger partial charge in [0.05, 0.1) is 16.2 Å². The highest BCUT2D eigenvalue weighted by molar-refractivity contribution is 7.92. The van der Waals surface area contributed by atoms with Gasteiger partial charge in [-0.3, -0.25) is 9.48 Å². The molecule has 1 fully saturated rings. The first-order valence-corrected chi connectivity index (χ1v) is 10.8. The van der Waals surface area contributed by atoms with Crippen LogP contribution in [0.1, 0.15) is 36.7 Å². The number of sulfone groups is 1.